The summed E-state index contributed by atoms with van der Waals surface area (Å²) in [5.74, 6) is 0.197. The summed E-state index contributed by atoms with van der Waals surface area (Å²) >= 11 is 1.64. The van der Waals surface area contributed by atoms with E-state index in [4.69, 9.17) is 19.6 Å². The number of ether oxygens (including phenoxy) is 2. The van der Waals surface area contributed by atoms with Crippen molar-refractivity contribution in [1.82, 2.24) is 4.98 Å². The number of carbonyl (C=O) groups is 1. The van der Waals surface area contributed by atoms with Crippen molar-refractivity contribution in [3.63, 3.8) is 0 Å². The second-order valence-corrected chi connectivity index (χ2v) is 11.8. The number of aliphatic carboxylic acids is 1. The molecule has 5 aromatic rings. The number of nitrogens with zero attached hydrogens (tertiary/aromatic N) is 2. The molecule has 2 heterocycles. The van der Waals surface area contributed by atoms with Gasteiger partial charge in [0.05, 0.1) is 10.6 Å². The molecule has 1 saturated heterocycles. The third-order valence-electron chi connectivity index (χ3n) is 7.65. The van der Waals surface area contributed by atoms with Gasteiger partial charge in [0.1, 0.15) is 23.1 Å². The Morgan fingerprint density at radius 3 is 2.19 bits per heavy atom. The molecule has 43 heavy (non-hydrogen) atoms. The molecule has 1 aliphatic heterocycles. The predicted molar refractivity (Wildman–Crippen MR) is 173 cm³/mol. The van der Waals surface area contributed by atoms with Crippen LogP contribution < -0.4 is 14.4 Å². The van der Waals surface area contributed by atoms with Crippen LogP contribution in [0.1, 0.15) is 29.8 Å². The molecule has 0 aliphatic carbocycles. The highest BCUT2D eigenvalue weighted by molar-refractivity contribution is 7.15. The number of rotatable bonds is 10. The van der Waals surface area contributed by atoms with E-state index in [-0.39, 0.29) is 6.61 Å². The van der Waals surface area contributed by atoms with Gasteiger partial charge in [0.2, 0.25) is 0 Å². The molecule has 1 fully saturated rings. The molecule has 7 heteroatoms. The molecular formula is C36H34N2O4S. The third kappa shape index (κ3) is 6.89. The van der Waals surface area contributed by atoms with Gasteiger partial charge in [-0.25, -0.2) is 9.78 Å². The molecular weight excluding hydrogens is 556 g/mol. The zero-order chi connectivity index (χ0) is 29.6. The van der Waals surface area contributed by atoms with Crippen LogP contribution in [0.5, 0.6) is 11.5 Å². The second kappa shape index (κ2) is 13.1. The number of hydrogen-bond donors (Lipinski definition) is 1. The summed E-state index contributed by atoms with van der Waals surface area (Å²) < 4.78 is 11.5. The Kier molecular flexibility index (Phi) is 8.70. The van der Waals surface area contributed by atoms with Gasteiger partial charge in [0.15, 0.2) is 6.61 Å². The third-order valence-corrected chi connectivity index (χ3v) is 8.73. The smallest absolute Gasteiger partial charge is 0.341 e. The molecule has 218 valence electrons. The number of benzene rings is 4. The Balaban J connectivity index is 1.26. The topological polar surface area (TPSA) is 71.9 Å². The van der Waals surface area contributed by atoms with Gasteiger partial charge in [-0.1, -0.05) is 66.7 Å². The van der Waals surface area contributed by atoms with Crippen molar-refractivity contribution >= 4 is 23.0 Å². The molecule has 6 nitrogen and oxygen atoms in total. The number of carboxylic acids is 1. The van der Waals surface area contributed by atoms with E-state index in [1.54, 1.807) is 23.5 Å². The first-order valence-electron chi connectivity index (χ1n) is 14.6. The molecule has 1 N–H and O–H groups in total. The Hall–Kier alpha value is -4.62. The van der Waals surface area contributed by atoms with Gasteiger partial charge in [0, 0.05) is 24.3 Å². The molecule has 0 spiro atoms. The van der Waals surface area contributed by atoms with Crippen molar-refractivity contribution in [2.24, 2.45) is 0 Å². The maximum absolute atomic E-state index is 10.9. The van der Waals surface area contributed by atoms with Gasteiger partial charge in [-0.05, 0) is 78.8 Å². The molecule has 1 aliphatic rings. The molecule has 4 aromatic carbocycles. The standard InChI is InChI=1S/C36H34N2O4S/c1-25-22-31(18-19-32(25)42-24-34(39)40)41-23-33-37-35(28-14-16-30(17-15-28)38-20-6-3-7-21-38)36(43-33)29-12-10-27(11-13-29)26-8-4-2-5-9-26/h2,4-5,8-19,22H,3,6-7,20-21,23-24H2,1H3,(H,39,40). The van der Waals surface area contributed by atoms with Gasteiger partial charge in [0.25, 0.3) is 0 Å². The molecule has 0 bridgehead atoms. The van der Waals surface area contributed by atoms with Gasteiger partial charge in [-0.2, -0.15) is 0 Å². The number of thiazole rings is 1. The highest BCUT2D eigenvalue weighted by Crippen LogP contribution is 2.39. The van der Waals surface area contributed by atoms with E-state index in [2.05, 4.69) is 77.7 Å². The van der Waals surface area contributed by atoms with E-state index in [1.807, 2.05) is 19.1 Å². The number of anilines is 1. The van der Waals surface area contributed by atoms with Crippen LogP contribution in [0.4, 0.5) is 5.69 Å². The molecule has 0 unspecified atom stereocenters. The van der Waals surface area contributed by atoms with Crippen molar-refractivity contribution in [2.75, 3.05) is 24.6 Å². The van der Waals surface area contributed by atoms with Crippen LogP contribution in [0.3, 0.4) is 0 Å². The van der Waals surface area contributed by atoms with E-state index < -0.39 is 5.97 Å². The Morgan fingerprint density at radius 2 is 1.49 bits per heavy atom. The summed E-state index contributed by atoms with van der Waals surface area (Å²) in [5.41, 5.74) is 7.60. The summed E-state index contributed by atoms with van der Waals surface area (Å²) in [4.78, 5) is 19.5. The fourth-order valence-electron chi connectivity index (χ4n) is 5.40. The predicted octanol–water partition coefficient (Wildman–Crippen LogP) is 8.49. The minimum Gasteiger partial charge on any atom is -0.486 e. The van der Waals surface area contributed by atoms with Crippen LogP contribution in [-0.4, -0.2) is 35.8 Å². The first-order valence-corrected chi connectivity index (χ1v) is 15.4. The lowest BCUT2D eigenvalue weighted by Crippen LogP contribution is -2.29. The summed E-state index contributed by atoms with van der Waals surface area (Å²) in [6.07, 6.45) is 3.81. The monoisotopic (exact) mass is 590 g/mol. The molecule has 0 atom stereocenters. The number of aryl methyl sites for hydroxylation is 1. The average Bonchev–Trinajstić information content (AvgIpc) is 3.48. The number of hydrogen-bond acceptors (Lipinski definition) is 6. The zero-order valence-corrected chi connectivity index (χ0v) is 25.0. The van der Waals surface area contributed by atoms with Gasteiger partial charge in [-0.3, -0.25) is 0 Å². The van der Waals surface area contributed by atoms with Crippen LogP contribution in [0.25, 0.3) is 32.8 Å². The minimum absolute atomic E-state index is 0.320. The lowest BCUT2D eigenvalue weighted by Gasteiger charge is -2.28. The second-order valence-electron chi connectivity index (χ2n) is 10.7. The quantitative estimate of drug-likeness (QED) is 0.176. The van der Waals surface area contributed by atoms with Gasteiger partial charge < -0.3 is 19.5 Å². The van der Waals surface area contributed by atoms with Gasteiger partial charge >= 0.3 is 5.97 Å². The molecule has 6 rings (SSSR count). The largest absolute Gasteiger partial charge is 0.486 e. The van der Waals surface area contributed by atoms with Crippen molar-refractivity contribution in [1.29, 1.82) is 0 Å². The Labute approximate surface area is 256 Å². The number of carboxylic acid groups (broad SMARTS) is 1. The summed E-state index contributed by atoms with van der Waals surface area (Å²) in [6, 6.07) is 33.3. The molecule has 1 aromatic heterocycles. The Morgan fingerprint density at radius 1 is 0.814 bits per heavy atom. The van der Waals surface area contributed by atoms with E-state index in [0.717, 1.165) is 45.4 Å². The number of piperidine rings is 1. The lowest BCUT2D eigenvalue weighted by molar-refractivity contribution is -0.139. The van der Waals surface area contributed by atoms with Crippen LogP contribution in [0, 0.1) is 6.92 Å². The highest BCUT2D eigenvalue weighted by atomic mass is 32.1. The van der Waals surface area contributed by atoms with Crippen LogP contribution in [0.15, 0.2) is 97.1 Å². The van der Waals surface area contributed by atoms with Crippen molar-refractivity contribution in [2.45, 2.75) is 32.8 Å². The maximum atomic E-state index is 10.9. The lowest BCUT2D eigenvalue weighted by atomic mass is 10.0. The van der Waals surface area contributed by atoms with Crippen molar-refractivity contribution in [3.8, 4) is 44.3 Å². The minimum atomic E-state index is -1.01. The van der Waals surface area contributed by atoms with Crippen molar-refractivity contribution < 1.29 is 19.4 Å². The molecule has 0 radical (unpaired) electrons. The normalized spacial score (nSPS) is 13.1. The first kappa shape index (κ1) is 28.5. The fraction of sp³-hybridized carbons (Fsp3) is 0.222. The number of aromatic nitrogens is 1. The van der Waals surface area contributed by atoms with Gasteiger partial charge in [-0.15, -0.1) is 11.3 Å². The summed E-state index contributed by atoms with van der Waals surface area (Å²) in [7, 11) is 0. The Bertz CT molecular complexity index is 1680. The van der Waals surface area contributed by atoms with Crippen LogP contribution >= 0.6 is 11.3 Å². The zero-order valence-electron chi connectivity index (χ0n) is 24.2. The first-order chi connectivity index (χ1) is 21.0. The average molecular weight is 591 g/mol. The van der Waals surface area contributed by atoms with E-state index in [9.17, 15) is 4.79 Å². The summed E-state index contributed by atoms with van der Waals surface area (Å²) in [6.45, 7) is 4.04. The van der Waals surface area contributed by atoms with Crippen LogP contribution in [0.2, 0.25) is 0 Å². The summed E-state index contributed by atoms with van der Waals surface area (Å²) in [5, 5.41) is 9.78. The van der Waals surface area contributed by atoms with E-state index >= 15 is 0 Å². The highest BCUT2D eigenvalue weighted by Gasteiger charge is 2.17. The molecule has 0 amide bonds. The van der Waals surface area contributed by atoms with Crippen molar-refractivity contribution in [3.05, 3.63) is 108 Å². The molecule has 0 saturated carbocycles. The van der Waals surface area contributed by atoms with E-state index in [0.29, 0.717) is 18.1 Å². The SMILES string of the molecule is Cc1cc(OCc2nc(-c3ccc(N4CCCCC4)cc3)c(-c3ccc(-c4ccccc4)cc3)s2)ccc1OCC(=O)O. The maximum Gasteiger partial charge on any atom is 0.341 e. The van der Waals surface area contributed by atoms with E-state index in [1.165, 1.54) is 36.1 Å². The fourth-order valence-corrected chi connectivity index (χ4v) is 6.41. The van der Waals surface area contributed by atoms with Crippen LogP contribution in [-0.2, 0) is 11.4 Å².